The highest BCUT2D eigenvalue weighted by atomic mass is 32.2. The largest absolute Gasteiger partial charge is 0.444 e. The predicted octanol–water partition coefficient (Wildman–Crippen LogP) is 6.94. The zero-order valence-corrected chi connectivity index (χ0v) is 24.0. The van der Waals surface area contributed by atoms with Crippen LogP contribution < -0.4 is 4.90 Å². The fraction of sp³-hybridized carbons (Fsp3) is 0.467. The van der Waals surface area contributed by atoms with Crippen molar-refractivity contribution in [1.29, 1.82) is 0 Å². The third kappa shape index (κ3) is 7.33. The molecule has 0 aliphatic carbocycles. The summed E-state index contributed by atoms with van der Waals surface area (Å²) < 4.78 is 48.1. The molecule has 6 nitrogen and oxygen atoms in total. The van der Waals surface area contributed by atoms with Crippen molar-refractivity contribution in [1.82, 2.24) is 9.80 Å². The van der Waals surface area contributed by atoms with Crippen LogP contribution in [-0.2, 0) is 15.7 Å². The number of carbonyl (C=O) groups excluding carboxylic acids is 2. The van der Waals surface area contributed by atoms with E-state index in [0.29, 0.717) is 0 Å². The number of piperidine rings is 1. The second kappa shape index (κ2) is 12.2. The van der Waals surface area contributed by atoms with Crippen LogP contribution in [0.5, 0.6) is 0 Å². The van der Waals surface area contributed by atoms with E-state index in [-0.39, 0.29) is 42.2 Å². The Hall–Kier alpha value is -3.14. The van der Waals surface area contributed by atoms with Gasteiger partial charge in [-0.25, -0.2) is 4.79 Å². The molecule has 40 heavy (non-hydrogen) atoms. The number of ether oxygens (including phenoxy) is 1. The monoisotopic (exact) mass is 575 g/mol. The van der Waals surface area contributed by atoms with Gasteiger partial charge in [-0.1, -0.05) is 36.5 Å². The average Bonchev–Trinajstić information content (AvgIpc) is 2.92. The van der Waals surface area contributed by atoms with Gasteiger partial charge in [0.25, 0.3) is 5.91 Å². The number of hydrogen-bond acceptors (Lipinski definition) is 5. The number of benzene rings is 2. The zero-order chi connectivity index (χ0) is 29.1. The van der Waals surface area contributed by atoms with Crippen molar-refractivity contribution in [2.24, 2.45) is 0 Å². The normalized spacial score (nSPS) is 16.6. The van der Waals surface area contributed by atoms with Crippen LogP contribution in [0.25, 0.3) is 5.57 Å². The molecule has 2 aromatic rings. The average molecular weight is 576 g/mol. The van der Waals surface area contributed by atoms with Crippen LogP contribution in [0.4, 0.5) is 23.7 Å². The van der Waals surface area contributed by atoms with Gasteiger partial charge in [0.15, 0.2) is 0 Å². The topological polar surface area (TPSA) is 53.1 Å². The lowest BCUT2D eigenvalue weighted by Gasteiger charge is -2.36. The molecule has 2 fully saturated rings. The van der Waals surface area contributed by atoms with E-state index in [1.54, 1.807) is 20.8 Å². The van der Waals surface area contributed by atoms with E-state index in [0.717, 1.165) is 60.8 Å². The molecule has 10 heteroatoms. The first-order chi connectivity index (χ1) is 18.8. The van der Waals surface area contributed by atoms with Crippen LogP contribution in [0.15, 0.2) is 58.8 Å². The predicted molar refractivity (Wildman–Crippen MR) is 151 cm³/mol. The van der Waals surface area contributed by atoms with Crippen LogP contribution in [0.1, 0.15) is 51.2 Å². The highest BCUT2D eigenvalue weighted by molar-refractivity contribution is 7.99. The van der Waals surface area contributed by atoms with E-state index in [1.807, 2.05) is 24.3 Å². The molecule has 4 rings (SSSR count). The number of alkyl halides is 3. The summed E-state index contributed by atoms with van der Waals surface area (Å²) in [6.45, 7) is 12.0. The van der Waals surface area contributed by atoms with E-state index in [9.17, 15) is 22.8 Å². The van der Waals surface area contributed by atoms with Gasteiger partial charge in [0, 0.05) is 54.6 Å². The first kappa shape index (κ1) is 29.8. The van der Waals surface area contributed by atoms with Gasteiger partial charge >= 0.3 is 12.3 Å². The minimum absolute atomic E-state index is 0.0125. The Kier molecular flexibility index (Phi) is 9.07. The number of carbonyl (C=O) groups is 2. The molecule has 0 radical (unpaired) electrons. The first-order valence-corrected chi connectivity index (χ1v) is 14.3. The summed E-state index contributed by atoms with van der Waals surface area (Å²) in [6, 6.07) is 11.5. The summed E-state index contributed by atoms with van der Waals surface area (Å²) >= 11 is 1.09. The number of halogens is 3. The van der Waals surface area contributed by atoms with Crippen molar-refractivity contribution in [3.63, 3.8) is 0 Å². The molecule has 2 heterocycles. The van der Waals surface area contributed by atoms with Crippen LogP contribution in [0.3, 0.4) is 0 Å². The van der Waals surface area contributed by atoms with Crippen LogP contribution in [0, 0.1) is 0 Å². The molecule has 0 unspecified atom stereocenters. The molecule has 0 spiro atoms. The Balaban J connectivity index is 1.49. The Morgan fingerprint density at radius 1 is 0.850 bits per heavy atom. The highest BCUT2D eigenvalue weighted by Crippen LogP contribution is 2.43. The minimum atomic E-state index is -4.61. The second-order valence-electron chi connectivity index (χ2n) is 11.1. The number of para-hydroxylation sites is 1. The number of rotatable bonds is 5. The number of hydrogen-bond donors (Lipinski definition) is 0. The van der Waals surface area contributed by atoms with Gasteiger partial charge in [-0.3, -0.25) is 4.79 Å². The van der Waals surface area contributed by atoms with Gasteiger partial charge in [0.2, 0.25) is 0 Å². The number of nitrogens with zero attached hydrogens (tertiary/aromatic N) is 3. The summed E-state index contributed by atoms with van der Waals surface area (Å²) in [5, 5.41) is 0. The number of amides is 2. The molecule has 216 valence electrons. The fourth-order valence-electron chi connectivity index (χ4n) is 4.82. The maximum absolute atomic E-state index is 14.2. The molecular formula is C30H36F3N3O3S. The molecule has 0 saturated carbocycles. The second-order valence-corrected chi connectivity index (χ2v) is 12.1. The fourth-order valence-corrected chi connectivity index (χ4v) is 5.93. The quantitative estimate of drug-likeness (QED) is 0.362. The zero-order valence-electron chi connectivity index (χ0n) is 23.2. The van der Waals surface area contributed by atoms with Crippen molar-refractivity contribution >= 4 is 35.0 Å². The summed E-state index contributed by atoms with van der Waals surface area (Å²) in [5.74, 6) is -0.451. The lowest BCUT2D eigenvalue weighted by atomic mass is 10.0. The van der Waals surface area contributed by atoms with E-state index in [2.05, 4.69) is 11.5 Å². The maximum Gasteiger partial charge on any atom is 0.417 e. The van der Waals surface area contributed by atoms with Crippen molar-refractivity contribution in [3.8, 4) is 0 Å². The standard InChI is InChI=1S/C30H36F3N3O3S/c1-21(27(37)35-16-18-36(19-17-35)28(38)39-29(2,3)4)22-12-13-25(23(20-22)30(31,32)33)40-26-11-7-6-10-24(26)34-14-8-5-9-15-34/h6-7,10-13,20H,1,5,8-9,14-19H2,2-4H3. The molecule has 2 aromatic carbocycles. The van der Waals surface area contributed by atoms with E-state index < -0.39 is 29.3 Å². The first-order valence-electron chi connectivity index (χ1n) is 13.5. The molecule has 2 aliphatic heterocycles. The molecule has 2 amide bonds. The molecule has 0 atom stereocenters. The lowest BCUT2D eigenvalue weighted by molar-refractivity contribution is -0.139. The maximum atomic E-state index is 14.2. The molecule has 0 aromatic heterocycles. The van der Waals surface area contributed by atoms with Gasteiger partial charge in [-0.05, 0) is 69.9 Å². The third-order valence-electron chi connectivity index (χ3n) is 6.89. The van der Waals surface area contributed by atoms with Crippen molar-refractivity contribution < 1.29 is 27.5 Å². The molecular weight excluding hydrogens is 539 g/mol. The summed E-state index contributed by atoms with van der Waals surface area (Å²) in [4.78, 5) is 31.6. The van der Waals surface area contributed by atoms with Crippen LogP contribution in [0.2, 0.25) is 0 Å². The molecule has 2 saturated heterocycles. The Morgan fingerprint density at radius 3 is 2.10 bits per heavy atom. The molecule has 0 bridgehead atoms. The SMILES string of the molecule is C=C(C(=O)N1CCN(C(=O)OC(C)(C)C)CC1)c1ccc(Sc2ccccc2N2CCCCC2)c(C(F)(F)F)c1. The van der Waals surface area contributed by atoms with Crippen molar-refractivity contribution in [2.45, 2.75) is 61.6 Å². The Bertz CT molecular complexity index is 1240. The van der Waals surface area contributed by atoms with Crippen LogP contribution in [-0.4, -0.2) is 66.7 Å². The number of piperazine rings is 1. The highest BCUT2D eigenvalue weighted by Gasteiger charge is 2.35. The van der Waals surface area contributed by atoms with Gasteiger partial charge < -0.3 is 19.4 Å². The minimum Gasteiger partial charge on any atom is -0.444 e. The lowest BCUT2D eigenvalue weighted by Crippen LogP contribution is -2.51. The van der Waals surface area contributed by atoms with Crippen molar-refractivity contribution in [3.05, 3.63) is 60.2 Å². The number of anilines is 1. The van der Waals surface area contributed by atoms with E-state index in [4.69, 9.17) is 4.74 Å². The molecule has 0 N–H and O–H groups in total. The molecule has 2 aliphatic rings. The summed E-state index contributed by atoms with van der Waals surface area (Å²) in [7, 11) is 0. The van der Waals surface area contributed by atoms with Gasteiger partial charge in [-0.15, -0.1) is 0 Å². The smallest absolute Gasteiger partial charge is 0.417 e. The van der Waals surface area contributed by atoms with Gasteiger partial charge in [-0.2, -0.15) is 13.2 Å². The summed E-state index contributed by atoms with van der Waals surface area (Å²) in [5.41, 5.74) is -0.377. The Labute approximate surface area is 238 Å². The van der Waals surface area contributed by atoms with Gasteiger partial charge in [0.1, 0.15) is 5.60 Å². The third-order valence-corrected chi connectivity index (χ3v) is 8.03. The van der Waals surface area contributed by atoms with Crippen molar-refractivity contribution in [2.75, 3.05) is 44.2 Å². The van der Waals surface area contributed by atoms with Crippen LogP contribution >= 0.6 is 11.8 Å². The van der Waals surface area contributed by atoms with Gasteiger partial charge in [0.05, 0.1) is 11.3 Å². The van der Waals surface area contributed by atoms with E-state index in [1.165, 1.54) is 21.9 Å². The Morgan fingerprint density at radius 2 is 1.48 bits per heavy atom. The summed E-state index contributed by atoms with van der Waals surface area (Å²) in [6.07, 6.45) is -1.78. The van der Waals surface area contributed by atoms with E-state index >= 15 is 0 Å².